The van der Waals surface area contributed by atoms with E-state index in [-0.39, 0.29) is 5.41 Å². The van der Waals surface area contributed by atoms with E-state index < -0.39 is 0 Å². The van der Waals surface area contributed by atoms with E-state index >= 15 is 0 Å². The van der Waals surface area contributed by atoms with Gasteiger partial charge in [-0.25, -0.2) is 4.98 Å². The van der Waals surface area contributed by atoms with Crippen LogP contribution in [0.2, 0.25) is 5.15 Å². The van der Waals surface area contributed by atoms with Crippen LogP contribution in [0.3, 0.4) is 0 Å². The molecule has 0 aliphatic heterocycles. The first-order valence-electron chi connectivity index (χ1n) is 6.26. The molecule has 5 heteroatoms. The van der Waals surface area contributed by atoms with Crippen LogP contribution in [0.4, 0.5) is 0 Å². The van der Waals surface area contributed by atoms with Crippen molar-refractivity contribution in [1.82, 2.24) is 9.97 Å². The van der Waals surface area contributed by atoms with Gasteiger partial charge in [0.15, 0.2) is 11.5 Å². The van der Waals surface area contributed by atoms with E-state index in [1.165, 1.54) is 0 Å². The Hall–Kier alpha value is -1.81. The van der Waals surface area contributed by atoms with Gasteiger partial charge in [0, 0.05) is 11.5 Å². The van der Waals surface area contributed by atoms with Crippen LogP contribution < -0.4 is 9.47 Å². The van der Waals surface area contributed by atoms with Crippen molar-refractivity contribution in [3.05, 3.63) is 41.3 Å². The fourth-order valence-corrected chi connectivity index (χ4v) is 1.77. The smallest absolute Gasteiger partial charge is 0.224 e. The van der Waals surface area contributed by atoms with Gasteiger partial charge in [-0.1, -0.05) is 44.5 Å². The summed E-state index contributed by atoms with van der Waals surface area (Å²) in [5, 5.41) is 0.356. The van der Waals surface area contributed by atoms with Crippen LogP contribution in [0.25, 0.3) is 0 Å². The molecule has 0 saturated heterocycles. The summed E-state index contributed by atoms with van der Waals surface area (Å²) in [6.45, 7) is 6.06. The zero-order valence-corrected chi connectivity index (χ0v) is 12.7. The van der Waals surface area contributed by atoms with Gasteiger partial charge in [-0.2, -0.15) is 4.98 Å². The van der Waals surface area contributed by atoms with Gasteiger partial charge in [0.05, 0.1) is 7.11 Å². The third-order valence-corrected chi connectivity index (χ3v) is 2.82. The number of aromatic nitrogens is 2. The van der Waals surface area contributed by atoms with E-state index in [2.05, 4.69) is 9.97 Å². The number of benzene rings is 1. The second-order valence-corrected chi connectivity index (χ2v) is 5.74. The SMILES string of the molecule is COc1ccccc1Oc1cc(Cl)nc(C(C)(C)C)n1. The molecule has 0 spiro atoms. The number of halogens is 1. The van der Waals surface area contributed by atoms with Gasteiger partial charge < -0.3 is 9.47 Å². The molecule has 0 aliphatic carbocycles. The Labute approximate surface area is 123 Å². The number of rotatable bonds is 3. The van der Waals surface area contributed by atoms with Gasteiger partial charge in [-0.3, -0.25) is 0 Å². The van der Waals surface area contributed by atoms with Crippen LogP contribution in [-0.4, -0.2) is 17.1 Å². The lowest BCUT2D eigenvalue weighted by atomic mass is 9.96. The van der Waals surface area contributed by atoms with Crippen molar-refractivity contribution >= 4 is 11.6 Å². The van der Waals surface area contributed by atoms with Gasteiger partial charge in [0.2, 0.25) is 5.88 Å². The molecule has 0 fully saturated rings. The quantitative estimate of drug-likeness (QED) is 0.794. The second-order valence-electron chi connectivity index (χ2n) is 5.36. The van der Waals surface area contributed by atoms with Gasteiger partial charge in [0.25, 0.3) is 0 Å². The maximum absolute atomic E-state index is 6.03. The molecule has 2 aromatic rings. The van der Waals surface area contributed by atoms with E-state index in [0.29, 0.717) is 28.4 Å². The Morgan fingerprint density at radius 3 is 2.30 bits per heavy atom. The Morgan fingerprint density at radius 1 is 1.05 bits per heavy atom. The monoisotopic (exact) mass is 292 g/mol. The molecule has 1 aromatic heterocycles. The molecule has 0 N–H and O–H groups in total. The molecule has 0 bridgehead atoms. The maximum Gasteiger partial charge on any atom is 0.224 e. The van der Waals surface area contributed by atoms with Gasteiger partial charge in [0.1, 0.15) is 11.0 Å². The van der Waals surface area contributed by atoms with Gasteiger partial charge in [-0.05, 0) is 12.1 Å². The highest BCUT2D eigenvalue weighted by molar-refractivity contribution is 6.29. The molecule has 1 aromatic carbocycles. The van der Waals surface area contributed by atoms with Crippen LogP contribution >= 0.6 is 11.6 Å². The van der Waals surface area contributed by atoms with E-state index in [9.17, 15) is 0 Å². The summed E-state index contributed by atoms with van der Waals surface area (Å²) >= 11 is 6.03. The lowest BCUT2D eigenvalue weighted by Gasteiger charge is -2.17. The lowest BCUT2D eigenvalue weighted by Crippen LogP contribution is -2.16. The topological polar surface area (TPSA) is 44.2 Å². The Kier molecular flexibility index (Phi) is 4.14. The number of hydrogen-bond acceptors (Lipinski definition) is 4. The second kappa shape index (κ2) is 5.67. The molecule has 20 heavy (non-hydrogen) atoms. The Bertz CT molecular complexity index is 609. The van der Waals surface area contributed by atoms with Crippen LogP contribution in [0.5, 0.6) is 17.4 Å². The molecule has 2 rings (SSSR count). The minimum Gasteiger partial charge on any atom is -0.493 e. The Morgan fingerprint density at radius 2 is 1.70 bits per heavy atom. The average molecular weight is 293 g/mol. The standard InChI is InChI=1S/C15H17ClN2O2/c1-15(2,3)14-17-12(16)9-13(18-14)20-11-8-6-5-7-10(11)19-4/h5-9H,1-4H3. The van der Waals surface area contributed by atoms with Crippen molar-refractivity contribution in [3.63, 3.8) is 0 Å². The van der Waals surface area contributed by atoms with Crippen LogP contribution in [0.15, 0.2) is 30.3 Å². The summed E-state index contributed by atoms with van der Waals surface area (Å²) in [6, 6.07) is 8.96. The van der Waals surface area contributed by atoms with Crippen LogP contribution in [0.1, 0.15) is 26.6 Å². The summed E-state index contributed by atoms with van der Waals surface area (Å²) < 4.78 is 11.0. The third-order valence-electron chi connectivity index (χ3n) is 2.63. The Balaban J connectivity index is 2.36. The number of para-hydroxylation sites is 2. The molecule has 0 amide bonds. The van der Waals surface area contributed by atoms with E-state index in [1.807, 2.05) is 45.0 Å². The normalized spacial score (nSPS) is 11.2. The maximum atomic E-state index is 6.03. The van der Waals surface area contributed by atoms with Crippen molar-refractivity contribution in [3.8, 4) is 17.4 Å². The first-order chi connectivity index (χ1) is 9.40. The van der Waals surface area contributed by atoms with E-state index in [1.54, 1.807) is 13.2 Å². The van der Waals surface area contributed by atoms with E-state index in [4.69, 9.17) is 21.1 Å². The largest absolute Gasteiger partial charge is 0.493 e. The highest BCUT2D eigenvalue weighted by Crippen LogP contribution is 2.31. The highest BCUT2D eigenvalue weighted by atomic mass is 35.5. The molecular weight excluding hydrogens is 276 g/mol. The molecular formula is C15H17ClN2O2. The van der Waals surface area contributed by atoms with E-state index in [0.717, 1.165) is 0 Å². The van der Waals surface area contributed by atoms with Crippen LogP contribution in [-0.2, 0) is 5.41 Å². The molecule has 0 aliphatic rings. The molecule has 1 heterocycles. The van der Waals surface area contributed by atoms with Crippen molar-refractivity contribution in [2.75, 3.05) is 7.11 Å². The number of nitrogens with zero attached hydrogens (tertiary/aromatic N) is 2. The van der Waals surface area contributed by atoms with Crippen molar-refractivity contribution in [2.45, 2.75) is 26.2 Å². The van der Waals surface area contributed by atoms with Crippen molar-refractivity contribution in [1.29, 1.82) is 0 Å². The summed E-state index contributed by atoms with van der Waals surface area (Å²) in [5.74, 6) is 2.26. The molecule has 0 unspecified atom stereocenters. The highest BCUT2D eigenvalue weighted by Gasteiger charge is 2.19. The number of methoxy groups -OCH3 is 1. The lowest BCUT2D eigenvalue weighted by molar-refractivity contribution is 0.371. The zero-order chi connectivity index (χ0) is 14.8. The fourth-order valence-electron chi connectivity index (χ4n) is 1.60. The molecule has 4 nitrogen and oxygen atoms in total. The average Bonchev–Trinajstić information content (AvgIpc) is 2.37. The molecule has 106 valence electrons. The molecule has 0 radical (unpaired) electrons. The molecule has 0 saturated carbocycles. The minimum absolute atomic E-state index is 0.205. The summed E-state index contributed by atoms with van der Waals surface area (Å²) in [6.07, 6.45) is 0. The zero-order valence-electron chi connectivity index (χ0n) is 12.0. The van der Waals surface area contributed by atoms with Crippen molar-refractivity contribution < 1.29 is 9.47 Å². The molecule has 0 atom stereocenters. The first kappa shape index (κ1) is 14.6. The predicted molar refractivity (Wildman–Crippen MR) is 78.8 cm³/mol. The van der Waals surface area contributed by atoms with Crippen LogP contribution in [0, 0.1) is 0 Å². The predicted octanol–water partition coefficient (Wildman–Crippen LogP) is 4.23. The number of hydrogen-bond donors (Lipinski definition) is 0. The summed E-state index contributed by atoms with van der Waals surface area (Å²) in [7, 11) is 1.59. The van der Waals surface area contributed by atoms with Gasteiger partial charge >= 0.3 is 0 Å². The first-order valence-corrected chi connectivity index (χ1v) is 6.64. The summed E-state index contributed by atoms with van der Waals surface area (Å²) in [4.78, 5) is 8.63. The van der Waals surface area contributed by atoms with Gasteiger partial charge in [-0.15, -0.1) is 0 Å². The third kappa shape index (κ3) is 3.39. The summed E-state index contributed by atoms with van der Waals surface area (Å²) in [5.41, 5.74) is -0.205. The minimum atomic E-state index is -0.205. The van der Waals surface area contributed by atoms with Crippen molar-refractivity contribution in [2.24, 2.45) is 0 Å². The number of ether oxygens (including phenoxy) is 2. The fraction of sp³-hybridized carbons (Fsp3) is 0.333.